The van der Waals surface area contributed by atoms with Gasteiger partial charge in [-0.15, -0.1) is 11.8 Å². The zero-order valence-electron chi connectivity index (χ0n) is 31.7. The minimum absolute atomic E-state index is 1.87. The molecule has 0 aliphatic heterocycles. The second-order valence-electron chi connectivity index (χ2n) is 7.68. The van der Waals surface area contributed by atoms with Crippen molar-refractivity contribution in [2.24, 2.45) is 0 Å². The summed E-state index contributed by atoms with van der Waals surface area (Å²) in [4.78, 5) is 0. The van der Waals surface area contributed by atoms with Crippen LogP contribution in [-0.2, 0) is 0 Å². The average molecular weight is 759 g/mol. The molecule has 0 heterocycles. The lowest BCUT2D eigenvalue weighted by molar-refractivity contribution is 2.31. The predicted molar refractivity (Wildman–Crippen MR) is 246 cm³/mol. The molecule has 0 aliphatic carbocycles. The standard InChI is InChI=1S/C63H2/c1-3-5-7-9-11-13-15-17-19-21-23-25-27-29-31-33-35-37-39-41-43-45-47-49-51-53-55-57-59-61-63-62-60-58-56-54-52-50-48-46-44-42-40-38-36-34-32-30-28-26-24-22-20-18-16-14-12-10-8-6-4-2/h1H2/q-2. The maximum atomic E-state index is 6.57. The minimum Gasteiger partial charge on any atom is -0.358 e. The molecule has 0 aromatic carbocycles. The van der Waals surface area contributed by atoms with E-state index in [0.717, 1.165) is 0 Å². The van der Waals surface area contributed by atoms with Gasteiger partial charge in [0.05, 0.1) is 0 Å². The van der Waals surface area contributed by atoms with E-state index in [4.69, 9.17) is 6.42 Å². The fourth-order valence-corrected chi connectivity index (χ4v) is 1.86. The van der Waals surface area contributed by atoms with Crippen LogP contribution < -0.4 is 0 Å². The van der Waals surface area contributed by atoms with Crippen LogP contribution in [-0.4, -0.2) is 0 Å². The summed E-state index contributed by atoms with van der Waals surface area (Å²) in [6.45, 7) is 3.31. The van der Waals surface area contributed by atoms with E-state index in [2.05, 4.69) is 362 Å². The van der Waals surface area contributed by atoms with Crippen molar-refractivity contribution in [3.63, 3.8) is 0 Å². The molecule has 0 amide bonds. The SMILES string of the molecule is [C-]#CC#CC#CC#CC#CC#CC#CC#CC#CC#CC#CC#CC#CC#CC#CC#CC#CC#CC#CC#CC#CC#CC#CC#CC#CC#CC#CC#CC#CC#CC#C[CH2-]. The summed E-state index contributed by atoms with van der Waals surface area (Å²) in [6.07, 6.45) is 6.57. The quantitative estimate of drug-likeness (QED) is 0.250. The van der Waals surface area contributed by atoms with Gasteiger partial charge in [0.15, 0.2) is 0 Å². The molecule has 0 radical (unpaired) electrons. The smallest absolute Gasteiger partial charge is 0 e. The Hall–Kier alpha value is -13.8. The van der Waals surface area contributed by atoms with E-state index in [1.54, 1.807) is 0 Å². The molecule has 0 N–H and O–H groups in total. The predicted octanol–water partition coefficient (Wildman–Crippen LogP) is 0.512. The Kier molecular flexibility index (Phi) is 37.7. The summed E-state index contributed by atoms with van der Waals surface area (Å²) in [5, 5.41) is 0. The first-order valence-corrected chi connectivity index (χ1v) is 15.6. The van der Waals surface area contributed by atoms with Gasteiger partial charge >= 0.3 is 0 Å². The van der Waals surface area contributed by atoms with Crippen molar-refractivity contribution >= 4 is 0 Å². The highest BCUT2D eigenvalue weighted by Gasteiger charge is 1.63. The molecule has 0 atom stereocenters. The summed E-state index contributed by atoms with van der Waals surface area (Å²) in [6, 6.07) is 0. The molecule has 0 saturated heterocycles. The first-order valence-electron chi connectivity index (χ1n) is 15.6. The molecule has 0 aromatic rings. The van der Waals surface area contributed by atoms with Crippen LogP contribution in [0.3, 0.4) is 0 Å². The molecule has 0 heteroatoms. The second-order valence-corrected chi connectivity index (χ2v) is 7.68. The molecule has 0 bridgehead atoms. The third-order valence-corrected chi connectivity index (χ3v) is 3.78. The summed E-state index contributed by atoms with van der Waals surface area (Å²) < 4.78 is 0. The summed E-state index contributed by atoms with van der Waals surface area (Å²) in [5.74, 6) is 151. The highest BCUT2D eigenvalue weighted by molar-refractivity contribution is 5.52. The van der Waals surface area contributed by atoms with E-state index in [9.17, 15) is 0 Å². The lowest BCUT2D eigenvalue weighted by atomic mass is 10.4. The van der Waals surface area contributed by atoms with Crippen LogP contribution in [0.4, 0.5) is 0 Å². The van der Waals surface area contributed by atoms with Crippen LogP contribution in [0.2, 0.25) is 0 Å². The van der Waals surface area contributed by atoms with Crippen molar-refractivity contribution in [1.82, 2.24) is 0 Å². The lowest BCUT2D eigenvalue weighted by Crippen LogP contribution is -1.57. The first-order chi connectivity index (χ1) is 31.4. The van der Waals surface area contributed by atoms with E-state index in [1.165, 1.54) is 0 Å². The van der Waals surface area contributed by atoms with Crippen LogP contribution in [0, 0.1) is 374 Å². The van der Waals surface area contributed by atoms with Gasteiger partial charge in [-0.3, -0.25) is 11.8 Å². The lowest BCUT2D eigenvalue weighted by Gasteiger charge is -1.64. The summed E-state index contributed by atoms with van der Waals surface area (Å²) >= 11 is 0. The van der Waals surface area contributed by atoms with Gasteiger partial charge in [0, 0.05) is 231 Å². The van der Waals surface area contributed by atoms with E-state index in [-0.39, 0.29) is 0 Å². The van der Waals surface area contributed by atoms with Crippen LogP contribution in [0.15, 0.2) is 0 Å². The van der Waals surface area contributed by atoms with Crippen LogP contribution in [0.1, 0.15) is 0 Å². The highest BCUT2D eigenvalue weighted by atomic mass is 13.6. The minimum atomic E-state index is 1.87. The van der Waals surface area contributed by atoms with Crippen LogP contribution in [0.25, 0.3) is 0 Å². The van der Waals surface area contributed by atoms with Gasteiger partial charge in [-0.05, 0) is 94.7 Å². The largest absolute Gasteiger partial charge is 0.358 e. The Morgan fingerprint density at radius 2 is 0.206 bits per heavy atom. The molecule has 0 rings (SSSR count). The molecular formula is C63H2-2. The Bertz CT molecular complexity index is 4040. The zero-order valence-corrected chi connectivity index (χ0v) is 31.7. The number of hydrogen-bond acceptors (Lipinski definition) is 0. The zero-order chi connectivity index (χ0) is 45.1. The molecule has 0 aromatic heterocycles. The van der Waals surface area contributed by atoms with Gasteiger partial charge in [-0.1, -0.05) is 0 Å². The fourth-order valence-electron chi connectivity index (χ4n) is 1.86. The van der Waals surface area contributed by atoms with Gasteiger partial charge in [-0.2, -0.15) is 6.92 Å². The first kappa shape index (κ1) is 49.2. The maximum Gasteiger partial charge on any atom is 0 e. The number of hydrogen-bond donors (Lipinski definition) is 0. The van der Waals surface area contributed by atoms with Crippen molar-refractivity contribution in [2.75, 3.05) is 0 Å². The van der Waals surface area contributed by atoms with Gasteiger partial charge in [-0.25, -0.2) is 11.8 Å². The highest BCUT2D eigenvalue weighted by Crippen LogP contribution is 1.63. The maximum absolute atomic E-state index is 6.57. The Labute approximate surface area is 372 Å². The van der Waals surface area contributed by atoms with E-state index < -0.39 is 0 Å². The Morgan fingerprint density at radius 1 is 0.127 bits per heavy atom. The van der Waals surface area contributed by atoms with Gasteiger partial charge in [0.25, 0.3) is 0 Å². The van der Waals surface area contributed by atoms with E-state index >= 15 is 0 Å². The molecule has 0 saturated carbocycles. The molecule has 0 unspecified atom stereocenters. The molecule has 0 aliphatic rings. The number of rotatable bonds is 0. The van der Waals surface area contributed by atoms with Gasteiger partial charge < -0.3 is 6.42 Å². The van der Waals surface area contributed by atoms with Crippen molar-refractivity contribution in [3.05, 3.63) is 13.3 Å². The topological polar surface area (TPSA) is 0 Å². The van der Waals surface area contributed by atoms with Crippen LogP contribution in [0.5, 0.6) is 0 Å². The van der Waals surface area contributed by atoms with E-state index in [1.807, 2.05) is 5.92 Å². The third-order valence-electron chi connectivity index (χ3n) is 3.78. The molecule has 0 nitrogen and oxygen atoms in total. The van der Waals surface area contributed by atoms with Crippen molar-refractivity contribution in [2.45, 2.75) is 0 Å². The third kappa shape index (κ3) is 48.2. The van der Waals surface area contributed by atoms with Crippen LogP contribution >= 0.6 is 0 Å². The summed E-state index contributed by atoms with van der Waals surface area (Å²) in [5.41, 5.74) is 0. The molecular weight excluding hydrogens is 757 g/mol. The Morgan fingerprint density at radius 3 is 0.286 bits per heavy atom. The monoisotopic (exact) mass is 758 g/mol. The normalized spacial score (nSPS) is 3.92. The van der Waals surface area contributed by atoms with Crippen molar-refractivity contribution < 1.29 is 0 Å². The summed E-state index contributed by atoms with van der Waals surface area (Å²) in [7, 11) is 0. The van der Waals surface area contributed by atoms with Crippen molar-refractivity contribution in [1.29, 1.82) is 0 Å². The fraction of sp³-hybridized carbons (Fsp3) is 0. The Balaban J connectivity index is 4.59. The van der Waals surface area contributed by atoms with Gasteiger partial charge in [0.2, 0.25) is 0 Å². The average Bonchev–Trinajstić information content (AvgIpc) is 3.29. The van der Waals surface area contributed by atoms with Crippen molar-refractivity contribution in [3.8, 4) is 361 Å². The molecule has 63 heavy (non-hydrogen) atoms. The van der Waals surface area contributed by atoms with E-state index in [0.29, 0.717) is 0 Å². The second kappa shape index (κ2) is 48.2. The van der Waals surface area contributed by atoms with Gasteiger partial charge in [0.1, 0.15) is 0 Å². The molecule has 0 fully saturated rings. The molecule has 0 spiro atoms. The molecule has 256 valence electrons.